The zero-order valence-electron chi connectivity index (χ0n) is 21.7. The third-order valence-electron chi connectivity index (χ3n) is 2.55. The smallest absolute Gasteiger partial charge is 0.147 e. The van der Waals surface area contributed by atoms with Gasteiger partial charge in [0.05, 0.1) is 0 Å². The maximum atomic E-state index is 2.31. The van der Waals surface area contributed by atoms with Crippen LogP contribution in [-0.4, -0.2) is 63.0 Å². The monoisotopic (exact) mass is 578 g/mol. The maximum Gasteiger partial charge on any atom is 0.211 e. The number of hydrogen-bond donors (Lipinski definition) is 0. The Morgan fingerprint density at radius 1 is 0.448 bits per heavy atom. The third-order valence-corrected chi connectivity index (χ3v) is 7.66. The molecule has 0 N–H and O–H groups in total. The molecule has 0 unspecified atom stereocenters. The van der Waals surface area contributed by atoms with E-state index in [-0.39, 0.29) is 62.0 Å². The van der Waals surface area contributed by atoms with E-state index in [1.807, 2.05) is 0 Å². The van der Waals surface area contributed by atoms with Crippen LogP contribution in [0.3, 0.4) is 0 Å². The summed E-state index contributed by atoms with van der Waals surface area (Å²) < 4.78 is 0. The highest BCUT2D eigenvalue weighted by molar-refractivity contribution is 6.35. The van der Waals surface area contributed by atoms with Gasteiger partial charge in [0.2, 0.25) is 63.0 Å². The van der Waals surface area contributed by atoms with Gasteiger partial charge in [-0.25, -0.2) is 0 Å². The summed E-state index contributed by atoms with van der Waals surface area (Å²) >= 11 is 4.25. The molecule has 0 aliphatic heterocycles. The van der Waals surface area contributed by atoms with E-state index in [9.17, 15) is 0 Å². The first-order valence-corrected chi connectivity index (χ1v) is 16.8. The SMILES string of the molecule is CC(C)[CH2][Al][CH2]C(C)C.CC(C)[CH2][Al][CH2]C(C)C.C[CH2][AlH2].C[CH2][AlH2].Cl.Cl.Cl.Cl.Cl. The van der Waals surface area contributed by atoms with Crippen LogP contribution in [0.5, 0.6) is 0 Å². The predicted molar refractivity (Wildman–Crippen MR) is 164 cm³/mol. The Balaban J connectivity index is -0.0000000273. The van der Waals surface area contributed by atoms with Crippen molar-refractivity contribution in [1.82, 2.24) is 0 Å². The van der Waals surface area contributed by atoms with Crippen LogP contribution in [0.4, 0.5) is 0 Å². The summed E-state index contributed by atoms with van der Waals surface area (Å²) in [6.07, 6.45) is 0. The first-order valence-electron chi connectivity index (χ1n) is 10.7. The van der Waals surface area contributed by atoms with Crippen LogP contribution >= 0.6 is 62.0 Å². The van der Waals surface area contributed by atoms with Crippen LogP contribution < -0.4 is 0 Å². The van der Waals surface area contributed by atoms with Crippen molar-refractivity contribution >= 4 is 125 Å². The standard InChI is InChI=1S/4C4H9.2C2H5.4Al.5ClH.4H/c4*1-4(2)3;2*1-2;;;;;;;;;;;;;/h4*4H,1H2,2-3H3;2*1H2,2H3;;;;;5*1H;;;;. The molecular weight excluding hydrogens is 525 g/mol. The van der Waals surface area contributed by atoms with Crippen LogP contribution in [0, 0.1) is 23.7 Å². The van der Waals surface area contributed by atoms with Crippen LogP contribution in [0.2, 0.25) is 31.7 Å². The summed E-state index contributed by atoms with van der Waals surface area (Å²) in [5, 5.41) is 8.72. The summed E-state index contributed by atoms with van der Waals surface area (Å²) in [4.78, 5) is 0. The van der Waals surface area contributed by atoms with Gasteiger partial charge in [-0.15, -0.1) is 93.7 Å². The molecule has 9 heteroatoms. The molecule has 0 spiro atoms. The molecule has 0 aromatic carbocycles. The highest BCUT2D eigenvalue weighted by atomic mass is 35.5. The fourth-order valence-electron chi connectivity index (χ4n) is 1.53. The first kappa shape index (κ1) is 58.4. The van der Waals surface area contributed by atoms with Crippen molar-refractivity contribution in [2.45, 2.75) is 101 Å². The van der Waals surface area contributed by atoms with Gasteiger partial charge in [-0.05, 0) is 0 Å². The fraction of sp³-hybridized carbons (Fsp3) is 1.00. The molecule has 0 aromatic rings. The fourth-order valence-corrected chi connectivity index (χ4v) is 4.58. The zero-order valence-corrected chi connectivity index (χ0v) is 32.1. The molecular formula is C20H55Al4Cl5. The Labute approximate surface area is 247 Å². The third kappa shape index (κ3) is 114. The molecule has 29 heavy (non-hydrogen) atoms. The number of halogens is 5. The van der Waals surface area contributed by atoms with E-state index in [0.717, 1.165) is 54.1 Å². The molecule has 182 valence electrons. The van der Waals surface area contributed by atoms with Gasteiger partial charge in [0.15, 0.2) is 0 Å². The molecule has 0 nitrogen and oxygen atoms in total. The minimum atomic E-state index is 0. The van der Waals surface area contributed by atoms with Crippen molar-refractivity contribution < 1.29 is 0 Å². The summed E-state index contributed by atoms with van der Waals surface area (Å²) in [6, 6.07) is 0. The van der Waals surface area contributed by atoms with Crippen molar-refractivity contribution in [1.29, 1.82) is 0 Å². The van der Waals surface area contributed by atoms with Crippen molar-refractivity contribution in [3.05, 3.63) is 0 Å². The van der Waals surface area contributed by atoms with E-state index in [1.54, 1.807) is 0 Å². The summed E-state index contributed by atoms with van der Waals surface area (Å²) in [5.74, 6) is 3.72. The molecule has 0 aliphatic rings. The molecule has 0 bridgehead atoms. The normalized spacial score (nSPS) is 7.93. The van der Waals surface area contributed by atoms with Gasteiger partial charge in [-0.1, -0.05) is 92.9 Å². The lowest BCUT2D eigenvalue weighted by Crippen LogP contribution is -1.99. The summed E-state index contributed by atoms with van der Waals surface area (Å²) in [5.41, 5.74) is 0. The molecule has 0 aliphatic carbocycles. The minimum absolute atomic E-state index is 0. The minimum Gasteiger partial charge on any atom is -0.147 e. The second-order valence-electron chi connectivity index (χ2n) is 8.51. The molecule has 0 saturated heterocycles. The van der Waals surface area contributed by atoms with Crippen molar-refractivity contribution in [3.8, 4) is 0 Å². The average molecular weight is 581 g/mol. The van der Waals surface area contributed by atoms with Gasteiger partial charge in [0.1, 0.15) is 0 Å². The number of rotatable bonds is 8. The second kappa shape index (κ2) is 53.1. The highest BCUT2D eigenvalue weighted by Gasteiger charge is 1.99. The topological polar surface area (TPSA) is 0 Å². The van der Waals surface area contributed by atoms with Gasteiger partial charge >= 0.3 is 0 Å². The van der Waals surface area contributed by atoms with Gasteiger partial charge in [-0.2, -0.15) is 0 Å². The molecule has 0 saturated carbocycles. The van der Waals surface area contributed by atoms with E-state index < -0.39 is 0 Å². The van der Waals surface area contributed by atoms with Crippen LogP contribution in [-0.2, 0) is 0 Å². The van der Waals surface area contributed by atoms with E-state index in [2.05, 4.69) is 69.2 Å². The van der Waals surface area contributed by atoms with E-state index >= 15 is 0 Å². The van der Waals surface area contributed by atoms with Gasteiger partial charge in [0.25, 0.3) is 0 Å². The van der Waals surface area contributed by atoms with Crippen LogP contribution in [0.1, 0.15) is 69.2 Å². The average Bonchev–Trinajstić information content (AvgIpc) is 2.39. The second-order valence-corrected chi connectivity index (χ2v) is 14.4. The lowest BCUT2D eigenvalue weighted by molar-refractivity contribution is 0.700. The molecule has 0 heterocycles. The maximum absolute atomic E-state index is 2.31. The van der Waals surface area contributed by atoms with Gasteiger partial charge in [-0.3, -0.25) is 0 Å². The lowest BCUT2D eigenvalue weighted by Gasteiger charge is -2.03. The van der Waals surface area contributed by atoms with Crippen molar-refractivity contribution in [2.24, 2.45) is 23.7 Å². The zero-order chi connectivity index (χ0) is 20.0. The molecule has 0 atom stereocenters. The first-order chi connectivity index (χ1) is 11.1. The Morgan fingerprint density at radius 3 is 0.621 bits per heavy atom. The van der Waals surface area contributed by atoms with Crippen LogP contribution in [0.25, 0.3) is 0 Å². The largest absolute Gasteiger partial charge is 0.211 e. The van der Waals surface area contributed by atoms with Gasteiger partial charge < -0.3 is 0 Å². The quantitative estimate of drug-likeness (QED) is 0.256. The molecule has 0 amide bonds. The Bertz CT molecular complexity index is 164. The Kier molecular flexibility index (Phi) is 107. The summed E-state index contributed by atoms with van der Waals surface area (Å²) in [7, 11) is 0. The number of hydrogen-bond acceptors (Lipinski definition) is 0. The van der Waals surface area contributed by atoms with E-state index in [1.165, 1.54) is 64.3 Å². The van der Waals surface area contributed by atoms with E-state index in [0.29, 0.717) is 0 Å². The summed E-state index contributed by atoms with van der Waals surface area (Å²) in [6.45, 7) is 22.9. The van der Waals surface area contributed by atoms with Gasteiger partial charge in [0, 0.05) is 0 Å². The lowest BCUT2D eigenvalue weighted by atomic mass is 10.3. The Morgan fingerprint density at radius 2 is 0.552 bits per heavy atom. The van der Waals surface area contributed by atoms with E-state index in [4.69, 9.17) is 0 Å². The highest BCUT2D eigenvalue weighted by Crippen LogP contribution is 2.06. The van der Waals surface area contributed by atoms with Crippen molar-refractivity contribution in [3.63, 3.8) is 0 Å². The molecule has 0 aromatic heterocycles. The predicted octanol–water partition coefficient (Wildman–Crippen LogP) is 7.90. The molecule has 0 rings (SSSR count). The van der Waals surface area contributed by atoms with Crippen LogP contribution in [0.15, 0.2) is 0 Å². The molecule has 2 radical (unpaired) electrons. The molecule has 0 fully saturated rings. The Hall–Kier alpha value is 3.58. The van der Waals surface area contributed by atoms with Crippen molar-refractivity contribution in [2.75, 3.05) is 0 Å².